The number of allylic oxidation sites excluding steroid dienone is 3. The average molecular weight is 626 g/mol. The third-order valence-corrected chi connectivity index (χ3v) is 7.38. The summed E-state index contributed by atoms with van der Waals surface area (Å²) in [7, 11) is 0. The number of hydrogen-bond acceptors (Lipinski definition) is 4. The molecule has 3 unspecified atom stereocenters. The van der Waals surface area contributed by atoms with Gasteiger partial charge < -0.3 is 14.9 Å². The highest BCUT2D eigenvalue weighted by molar-refractivity contribution is 5.85. The summed E-state index contributed by atoms with van der Waals surface area (Å²) in [5, 5.41) is 21.2. The van der Waals surface area contributed by atoms with Gasteiger partial charge in [-0.15, -0.1) is 0 Å². The first kappa shape index (κ1) is 32.6. The molecule has 4 rings (SSSR count). The summed E-state index contributed by atoms with van der Waals surface area (Å²) in [6.07, 6.45) is -17.0. The zero-order valence-electron chi connectivity index (χ0n) is 22.5. The summed E-state index contributed by atoms with van der Waals surface area (Å²) in [6.45, 7) is 5.91. The monoisotopic (exact) mass is 625 g/mol. The van der Waals surface area contributed by atoms with Crippen LogP contribution in [0.15, 0.2) is 54.6 Å². The number of aliphatic hydroxyl groups is 1. The molecule has 1 saturated heterocycles. The van der Waals surface area contributed by atoms with Crippen molar-refractivity contribution in [2.24, 2.45) is 5.92 Å². The lowest BCUT2D eigenvalue weighted by atomic mass is 9.84. The molecule has 0 aromatic heterocycles. The van der Waals surface area contributed by atoms with Crippen molar-refractivity contribution in [3.05, 3.63) is 88.3 Å². The van der Waals surface area contributed by atoms with E-state index in [9.17, 15) is 54.1 Å². The van der Waals surface area contributed by atoms with Gasteiger partial charge in [0.2, 0.25) is 6.41 Å². The molecular weight excluding hydrogens is 600 g/mol. The standard InChI is InChI=1S/C29H25F10NO3/c1-13(2)21-10-22(24(41)11-23(21)30)20-5-4-17(27(31,32)33)8-16(20)12-40-14(3)25(43-26(40)42)15-6-18(28(34,35)36)9-19(7-15)29(37,38)39/h5-11,14,17,25-26,41-42H,1,4,12H2,2-3H3/t14?,17?,25-,26?/m0/s1. The lowest BCUT2D eigenvalue weighted by Crippen LogP contribution is -2.38. The van der Waals surface area contributed by atoms with E-state index in [4.69, 9.17) is 4.74 Å². The molecule has 0 amide bonds. The highest BCUT2D eigenvalue weighted by Gasteiger charge is 2.45. The quantitative estimate of drug-likeness (QED) is 0.329. The number of benzene rings is 2. The molecule has 234 valence electrons. The maximum atomic E-state index is 14.4. The Morgan fingerprint density at radius 1 is 0.977 bits per heavy atom. The van der Waals surface area contributed by atoms with Gasteiger partial charge in [-0.1, -0.05) is 18.7 Å². The van der Waals surface area contributed by atoms with E-state index in [1.165, 1.54) is 26.0 Å². The molecule has 1 aliphatic carbocycles. The van der Waals surface area contributed by atoms with Crippen LogP contribution in [0.5, 0.6) is 5.75 Å². The first-order valence-electron chi connectivity index (χ1n) is 12.7. The van der Waals surface area contributed by atoms with Crippen LogP contribution >= 0.6 is 0 Å². The van der Waals surface area contributed by atoms with Crippen molar-refractivity contribution >= 4 is 11.1 Å². The van der Waals surface area contributed by atoms with Crippen LogP contribution in [0.2, 0.25) is 0 Å². The number of halogens is 10. The number of nitrogens with zero attached hydrogens (tertiary/aromatic N) is 1. The second-order valence-corrected chi connectivity index (χ2v) is 10.5. The van der Waals surface area contributed by atoms with Crippen LogP contribution in [-0.4, -0.2) is 40.3 Å². The highest BCUT2D eigenvalue weighted by Crippen LogP contribution is 2.45. The topological polar surface area (TPSA) is 52.9 Å². The fourth-order valence-corrected chi connectivity index (χ4v) is 5.15. The van der Waals surface area contributed by atoms with Crippen molar-refractivity contribution in [1.82, 2.24) is 4.90 Å². The maximum absolute atomic E-state index is 14.4. The molecule has 0 saturated carbocycles. The first-order chi connectivity index (χ1) is 19.7. The second kappa shape index (κ2) is 11.3. The number of aliphatic hydroxyl groups excluding tert-OH is 1. The summed E-state index contributed by atoms with van der Waals surface area (Å²) in [6, 6.07) is 1.67. The zero-order valence-corrected chi connectivity index (χ0v) is 22.5. The molecule has 4 nitrogen and oxygen atoms in total. The smallest absolute Gasteiger partial charge is 0.416 e. The lowest BCUT2D eigenvalue weighted by molar-refractivity contribution is -0.160. The third kappa shape index (κ3) is 6.75. The van der Waals surface area contributed by atoms with Crippen molar-refractivity contribution in [3.63, 3.8) is 0 Å². The molecule has 1 aliphatic heterocycles. The highest BCUT2D eigenvalue weighted by atomic mass is 19.4. The van der Waals surface area contributed by atoms with Crippen molar-refractivity contribution in [1.29, 1.82) is 0 Å². The average Bonchev–Trinajstić information content (AvgIpc) is 3.15. The Hall–Kier alpha value is -3.36. The third-order valence-electron chi connectivity index (χ3n) is 7.38. The van der Waals surface area contributed by atoms with Crippen molar-refractivity contribution in [3.8, 4) is 5.75 Å². The minimum Gasteiger partial charge on any atom is -0.507 e. The zero-order chi connectivity index (χ0) is 32.2. The molecule has 43 heavy (non-hydrogen) atoms. The van der Waals surface area contributed by atoms with Crippen molar-refractivity contribution in [2.45, 2.75) is 57.4 Å². The van der Waals surface area contributed by atoms with Crippen LogP contribution < -0.4 is 0 Å². The van der Waals surface area contributed by atoms with Gasteiger partial charge in [-0.2, -0.15) is 39.5 Å². The molecule has 2 N–H and O–H groups in total. The van der Waals surface area contributed by atoms with E-state index in [1.54, 1.807) is 0 Å². The van der Waals surface area contributed by atoms with E-state index < -0.39 is 84.2 Å². The Bertz CT molecular complexity index is 1440. The van der Waals surface area contributed by atoms with E-state index in [0.717, 1.165) is 17.0 Å². The van der Waals surface area contributed by atoms with Crippen LogP contribution in [0, 0.1) is 11.7 Å². The molecule has 2 aromatic rings. The fraction of sp³-hybridized carbons (Fsp3) is 0.379. The van der Waals surface area contributed by atoms with Crippen LogP contribution in [0.1, 0.15) is 54.2 Å². The number of phenolic OH excluding ortho intramolecular Hbond substituents is 1. The van der Waals surface area contributed by atoms with E-state index >= 15 is 0 Å². The fourth-order valence-electron chi connectivity index (χ4n) is 5.15. The number of ether oxygens (including phenoxy) is 1. The number of aromatic hydroxyl groups is 1. The number of hydrogen-bond donors (Lipinski definition) is 2. The molecule has 0 spiro atoms. The minimum atomic E-state index is -5.14. The predicted octanol–water partition coefficient (Wildman–Crippen LogP) is 8.23. The van der Waals surface area contributed by atoms with Gasteiger partial charge in [0.15, 0.2) is 0 Å². The van der Waals surface area contributed by atoms with Gasteiger partial charge in [0, 0.05) is 29.8 Å². The summed E-state index contributed by atoms with van der Waals surface area (Å²) in [4.78, 5) is 1.05. The molecule has 2 aliphatic rings. The molecule has 0 radical (unpaired) electrons. The molecule has 0 bridgehead atoms. The summed E-state index contributed by atoms with van der Waals surface area (Å²) < 4.78 is 141. The molecule has 2 aromatic carbocycles. The molecule has 4 atom stereocenters. The molecule has 1 fully saturated rings. The van der Waals surface area contributed by atoms with E-state index in [-0.39, 0.29) is 33.9 Å². The summed E-state index contributed by atoms with van der Waals surface area (Å²) in [5.41, 5.74) is -3.61. The Morgan fingerprint density at radius 3 is 2.07 bits per heavy atom. The second-order valence-electron chi connectivity index (χ2n) is 10.5. The van der Waals surface area contributed by atoms with E-state index in [2.05, 4.69) is 6.58 Å². The van der Waals surface area contributed by atoms with Gasteiger partial charge in [-0.05, 0) is 66.8 Å². The van der Waals surface area contributed by atoms with Gasteiger partial charge in [0.05, 0.1) is 17.0 Å². The minimum absolute atomic E-state index is 0.0195. The number of rotatable bonds is 5. The van der Waals surface area contributed by atoms with Gasteiger partial charge in [0.1, 0.15) is 17.7 Å². The predicted molar refractivity (Wildman–Crippen MR) is 135 cm³/mol. The Kier molecular flexibility index (Phi) is 8.55. The number of alkyl halides is 9. The van der Waals surface area contributed by atoms with Crippen molar-refractivity contribution < 1.29 is 58.9 Å². The van der Waals surface area contributed by atoms with Gasteiger partial charge in [0.25, 0.3) is 0 Å². The molecular formula is C29H25F10NO3. The summed E-state index contributed by atoms with van der Waals surface area (Å²) >= 11 is 0. The Morgan fingerprint density at radius 2 is 1.56 bits per heavy atom. The van der Waals surface area contributed by atoms with Gasteiger partial charge in [-0.3, -0.25) is 0 Å². The Labute approximate surface area is 239 Å². The normalized spacial score (nSPS) is 23.7. The lowest BCUT2D eigenvalue weighted by Gasteiger charge is -2.30. The first-order valence-corrected chi connectivity index (χ1v) is 12.7. The number of phenols is 1. The van der Waals surface area contributed by atoms with Gasteiger partial charge in [-0.25, -0.2) is 9.29 Å². The van der Waals surface area contributed by atoms with Gasteiger partial charge >= 0.3 is 18.5 Å². The van der Waals surface area contributed by atoms with Crippen LogP contribution in [-0.2, 0) is 17.1 Å². The molecule has 1 heterocycles. The Balaban J connectivity index is 1.74. The largest absolute Gasteiger partial charge is 0.507 e. The molecule has 14 heteroatoms. The maximum Gasteiger partial charge on any atom is 0.416 e. The van der Waals surface area contributed by atoms with Crippen LogP contribution in [0.4, 0.5) is 43.9 Å². The van der Waals surface area contributed by atoms with Crippen LogP contribution in [0.3, 0.4) is 0 Å². The SMILES string of the molecule is C=C(C)c1cc(C2=CCC(C(F)(F)F)C=C2CN2C(O)O[C@H](c3cc(C(F)(F)F)cc(C(F)(F)F)c3)C2C)c(O)cc1F. The summed E-state index contributed by atoms with van der Waals surface area (Å²) in [5.74, 6) is -3.42. The van der Waals surface area contributed by atoms with E-state index in [0.29, 0.717) is 12.1 Å². The van der Waals surface area contributed by atoms with E-state index in [1.807, 2.05) is 0 Å². The van der Waals surface area contributed by atoms with Crippen LogP contribution in [0.25, 0.3) is 11.1 Å². The van der Waals surface area contributed by atoms with Crippen molar-refractivity contribution in [2.75, 3.05) is 6.54 Å².